The van der Waals surface area contributed by atoms with E-state index < -0.39 is 45.7 Å². The fraction of sp³-hybridized carbons (Fsp3) is 0.333. The van der Waals surface area contributed by atoms with Crippen molar-refractivity contribution >= 4 is 59.0 Å². The molecule has 6 rings (SSSR count). The lowest BCUT2D eigenvalue weighted by Crippen LogP contribution is -2.56. The van der Waals surface area contributed by atoms with E-state index in [2.05, 4.69) is 10.6 Å². The minimum Gasteiger partial charge on any atom is -0.467 e. The molecule has 340 valence electrons. The maximum Gasteiger partial charge on any atom is 0.329 e. The first-order chi connectivity index (χ1) is 31.2. The van der Waals surface area contributed by atoms with E-state index in [0.29, 0.717) is 35.3 Å². The first-order valence-electron chi connectivity index (χ1n) is 21.2. The van der Waals surface area contributed by atoms with Crippen LogP contribution in [0.3, 0.4) is 0 Å². The number of piperazine rings is 2. The Morgan fingerprint density at radius 3 is 1.38 bits per heavy atom. The van der Waals surface area contributed by atoms with E-state index >= 15 is 0 Å². The first-order valence-corrected chi connectivity index (χ1v) is 22.0. The van der Waals surface area contributed by atoms with Crippen LogP contribution < -0.4 is 10.6 Å². The molecule has 0 bridgehead atoms. The Kier molecular flexibility index (Phi) is 15.7. The van der Waals surface area contributed by atoms with Gasteiger partial charge in [0.25, 0.3) is 11.4 Å². The molecule has 0 radical (unpaired) electrons. The van der Waals surface area contributed by atoms with Gasteiger partial charge in [0.2, 0.25) is 11.8 Å². The number of carbonyl (C=O) groups excluding carboxylic acids is 4. The number of nitrogens with zero attached hydrogens (tertiary/aromatic N) is 4. The highest BCUT2D eigenvalue weighted by Gasteiger charge is 2.35. The van der Waals surface area contributed by atoms with Gasteiger partial charge in [-0.15, -0.1) is 0 Å². The van der Waals surface area contributed by atoms with Crippen LogP contribution in [0.5, 0.6) is 0 Å². The molecule has 2 heterocycles. The quantitative estimate of drug-likeness (QED) is 0.0557. The van der Waals surface area contributed by atoms with Crippen molar-refractivity contribution in [3.8, 4) is 22.3 Å². The number of carbonyl (C=O) groups is 4. The summed E-state index contributed by atoms with van der Waals surface area (Å²) in [5.74, 6) is -2.26. The van der Waals surface area contributed by atoms with Crippen molar-refractivity contribution in [2.75, 3.05) is 53.5 Å². The molecule has 0 aromatic heterocycles. The number of esters is 2. The first kappa shape index (κ1) is 47.8. The summed E-state index contributed by atoms with van der Waals surface area (Å²) in [6, 6.07) is 19.1. The SMILES string of the molecule is COC(=O)C1CNCCN1C(=O)C=Cc1ccc(Sc2ccc(C=CC(=O)N3CCNCC3C(=O)OC)c(-c3ccccc3C(C)C)c2[N+](=O)[O-])c([N+](=O)[O-])c1-c1ccccc1C(C)C. The van der Waals surface area contributed by atoms with Gasteiger partial charge in [-0.3, -0.25) is 29.8 Å². The smallest absolute Gasteiger partial charge is 0.329 e. The summed E-state index contributed by atoms with van der Waals surface area (Å²) >= 11 is 0.869. The van der Waals surface area contributed by atoms with E-state index in [1.54, 1.807) is 36.4 Å². The largest absolute Gasteiger partial charge is 0.467 e. The van der Waals surface area contributed by atoms with Gasteiger partial charge >= 0.3 is 11.9 Å². The molecule has 2 aliphatic rings. The van der Waals surface area contributed by atoms with Gasteiger partial charge in [0, 0.05) is 51.4 Å². The van der Waals surface area contributed by atoms with Gasteiger partial charge in [-0.2, -0.15) is 0 Å². The van der Waals surface area contributed by atoms with E-state index in [4.69, 9.17) is 9.47 Å². The van der Waals surface area contributed by atoms with E-state index in [1.807, 2.05) is 52.0 Å². The molecule has 0 aliphatic carbocycles. The average molecular weight is 905 g/mol. The standard InChI is InChI=1S/C48H52N6O10S/c1-29(2)33-11-7-9-13-35(33)43-31(17-21-41(55)51-25-23-49-27-37(51)47(57)63-5)15-19-39(45(43)53(59)60)65-40-20-16-32(18-22-42(56)52-26-24-50-28-38(52)48(58)64-6)44(46(40)54(61)62)36-14-10-8-12-34(36)30(3)4/h7-22,29-30,37-38,49-50H,23-28H2,1-6H3. The third-order valence-electron chi connectivity index (χ3n) is 11.4. The lowest BCUT2D eigenvalue weighted by Gasteiger charge is -2.33. The summed E-state index contributed by atoms with van der Waals surface area (Å²) in [7, 11) is 2.50. The second-order valence-electron chi connectivity index (χ2n) is 16.1. The molecule has 2 saturated heterocycles. The van der Waals surface area contributed by atoms with Crippen molar-refractivity contribution in [3.05, 3.63) is 127 Å². The molecular weight excluding hydrogens is 853 g/mol. The maximum absolute atomic E-state index is 13.7. The third-order valence-corrected chi connectivity index (χ3v) is 12.5. The number of ether oxygens (including phenoxy) is 2. The molecule has 2 atom stereocenters. The van der Waals surface area contributed by atoms with Crippen LogP contribution in [0.25, 0.3) is 34.4 Å². The predicted molar refractivity (Wildman–Crippen MR) is 248 cm³/mol. The highest BCUT2D eigenvalue weighted by Crippen LogP contribution is 2.50. The average Bonchev–Trinajstić information content (AvgIpc) is 3.31. The minimum atomic E-state index is -0.859. The van der Waals surface area contributed by atoms with Crippen LogP contribution in [-0.2, 0) is 28.7 Å². The Morgan fingerprint density at radius 2 is 1.03 bits per heavy atom. The number of hydrogen-bond acceptors (Lipinski definition) is 13. The van der Waals surface area contributed by atoms with Gasteiger partial charge in [-0.05, 0) is 69.5 Å². The summed E-state index contributed by atoms with van der Waals surface area (Å²) in [5.41, 5.74) is 3.16. The van der Waals surface area contributed by atoms with Crippen LogP contribution >= 0.6 is 11.8 Å². The Balaban J connectivity index is 1.52. The van der Waals surface area contributed by atoms with E-state index in [0.717, 1.165) is 22.9 Å². The number of hydrogen-bond donors (Lipinski definition) is 2. The highest BCUT2D eigenvalue weighted by atomic mass is 32.2. The second kappa shape index (κ2) is 21.3. The predicted octanol–water partition coefficient (Wildman–Crippen LogP) is 7.21. The number of benzene rings is 4. The number of amides is 2. The summed E-state index contributed by atoms with van der Waals surface area (Å²) in [5, 5.41) is 33.1. The molecule has 65 heavy (non-hydrogen) atoms. The van der Waals surface area contributed by atoms with Crippen LogP contribution in [-0.4, -0.2) is 109 Å². The lowest BCUT2D eigenvalue weighted by atomic mass is 9.89. The number of nitro benzene ring substituents is 2. The number of rotatable bonds is 14. The zero-order chi connectivity index (χ0) is 46.9. The van der Waals surface area contributed by atoms with E-state index in [1.165, 1.54) is 60.5 Å². The molecule has 2 amide bonds. The van der Waals surface area contributed by atoms with Crippen LogP contribution in [0.15, 0.2) is 94.7 Å². The molecule has 2 aliphatic heterocycles. The fourth-order valence-corrected chi connectivity index (χ4v) is 9.32. The minimum absolute atomic E-state index is 0.0719. The van der Waals surface area contributed by atoms with Crippen LogP contribution in [0.4, 0.5) is 11.4 Å². The number of methoxy groups -OCH3 is 2. The Bertz CT molecular complexity index is 2380. The van der Waals surface area contributed by atoms with Crippen molar-refractivity contribution in [2.45, 2.75) is 61.4 Å². The van der Waals surface area contributed by atoms with Crippen molar-refractivity contribution < 1.29 is 38.5 Å². The van der Waals surface area contributed by atoms with E-state index in [-0.39, 0.29) is 70.3 Å². The topological polar surface area (TPSA) is 204 Å². The summed E-state index contributed by atoms with van der Waals surface area (Å²) in [6.07, 6.45) is 5.55. The Morgan fingerprint density at radius 1 is 0.646 bits per heavy atom. The highest BCUT2D eigenvalue weighted by molar-refractivity contribution is 7.99. The molecule has 0 saturated carbocycles. The summed E-state index contributed by atoms with van der Waals surface area (Å²) in [6.45, 7) is 9.65. The molecule has 2 N–H and O–H groups in total. The zero-order valence-corrected chi connectivity index (χ0v) is 37.9. The Hall–Kier alpha value is -6.69. The lowest BCUT2D eigenvalue weighted by molar-refractivity contribution is -0.387. The van der Waals surface area contributed by atoms with Crippen molar-refractivity contribution in [1.29, 1.82) is 0 Å². The van der Waals surface area contributed by atoms with Crippen LogP contribution in [0.1, 0.15) is 61.8 Å². The number of nitro groups is 2. The second-order valence-corrected chi connectivity index (χ2v) is 17.2. The monoisotopic (exact) mass is 904 g/mol. The van der Waals surface area contributed by atoms with Crippen molar-refractivity contribution in [3.63, 3.8) is 0 Å². The summed E-state index contributed by atoms with van der Waals surface area (Å²) in [4.78, 5) is 81.3. The molecular formula is C48H52N6O10S. The van der Waals surface area contributed by atoms with Crippen molar-refractivity contribution in [2.24, 2.45) is 0 Å². The van der Waals surface area contributed by atoms with Gasteiger partial charge in [-0.25, -0.2) is 9.59 Å². The molecule has 4 aromatic carbocycles. The van der Waals surface area contributed by atoms with E-state index in [9.17, 15) is 39.4 Å². The van der Waals surface area contributed by atoms with Gasteiger partial charge in [0.15, 0.2) is 0 Å². The molecule has 2 unspecified atom stereocenters. The van der Waals surface area contributed by atoms with Crippen LogP contribution in [0.2, 0.25) is 0 Å². The number of nitrogens with one attached hydrogen (secondary N) is 2. The third kappa shape index (κ3) is 10.5. The summed E-state index contributed by atoms with van der Waals surface area (Å²) < 4.78 is 9.87. The van der Waals surface area contributed by atoms with Crippen molar-refractivity contribution in [1.82, 2.24) is 20.4 Å². The fourth-order valence-electron chi connectivity index (χ4n) is 8.26. The van der Waals surface area contributed by atoms with Gasteiger partial charge < -0.3 is 29.9 Å². The molecule has 4 aromatic rings. The molecule has 2 fully saturated rings. The molecule has 17 heteroatoms. The zero-order valence-electron chi connectivity index (χ0n) is 37.1. The van der Waals surface area contributed by atoms with Gasteiger partial charge in [-0.1, -0.05) is 100 Å². The van der Waals surface area contributed by atoms with Gasteiger partial charge in [0.05, 0.1) is 45.0 Å². The van der Waals surface area contributed by atoms with Crippen LogP contribution in [0, 0.1) is 20.2 Å². The normalized spacial score (nSPS) is 16.6. The molecule has 0 spiro atoms. The molecule has 16 nitrogen and oxygen atoms in total. The van der Waals surface area contributed by atoms with Gasteiger partial charge in [0.1, 0.15) is 12.1 Å². The maximum atomic E-state index is 13.7. The Labute approximate surface area is 381 Å².